The Morgan fingerprint density at radius 2 is 1.92 bits per heavy atom. The second-order valence-electron chi connectivity index (χ2n) is 6.59. The van der Waals surface area contributed by atoms with Crippen molar-refractivity contribution in [2.45, 2.75) is 11.4 Å². The summed E-state index contributed by atoms with van der Waals surface area (Å²) in [6.45, 7) is 6.17. The zero-order valence-electron chi connectivity index (χ0n) is 13.8. The third-order valence-electron chi connectivity index (χ3n) is 5.02. The zero-order chi connectivity index (χ0) is 18.1. The topological polar surface area (TPSA) is 72.8 Å². The average Bonchev–Trinajstić information content (AvgIpc) is 2.79. The number of nitrogens with zero attached hydrogens (tertiary/aromatic N) is 3. The van der Waals surface area contributed by atoms with Crippen molar-refractivity contribution in [2.75, 3.05) is 51.0 Å². The van der Waals surface area contributed by atoms with E-state index in [0.717, 1.165) is 49.3 Å². The molecule has 0 spiro atoms. The third kappa shape index (κ3) is 3.95. The number of fused-ring (bicyclic) bond motifs is 1. The smallest absolute Gasteiger partial charge is 0.282 e. The molecular weight excluding hydrogens is 385 g/mol. The molecule has 0 radical (unpaired) electrons. The first-order valence-electron chi connectivity index (χ1n) is 8.24. The Morgan fingerprint density at radius 3 is 2.56 bits per heavy atom. The predicted molar refractivity (Wildman–Crippen MR) is 96.6 cm³/mol. The fourth-order valence-corrected chi connectivity index (χ4v) is 5.31. The van der Waals surface area contributed by atoms with Crippen LogP contribution in [0.4, 0.5) is 0 Å². The predicted octanol–water partition coefficient (Wildman–Crippen LogP) is 0.606. The molecule has 1 saturated heterocycles. The van der Waals surface area contributed by atoms with Crippen LogP contribution in [0.3, 0.4) is 0 Å². The van der Waals surface area contributed by atoms with Gasteiger partial charge in [0.15, 0.2) is 0 Å². The highest BCUT2D eigenvalue weighted by Crippen LogP contribution is 2.28. The maximum Gasteiger partial charge on any atom is 0.282 e. The van der Waals surface area contributed by atoms with Crippen LogP contribution in [0.25, 0.3) is 0 Å². The maximum absolute atomic E-state index is 12.0. The Hall–Kier alpha value is -0.860. The van der Waals surface area contributed by atoms with E-state index in [2.05, 4.69) is 9.30 Å². The van der Waals surface area contributed by atoms with Crippen molar-refractivity contribution in [1.29, 1.82) is 0 Å². The first kappa shape index (κ1) is 18.9. The van der Waals surface area contributed by atoms with Crippen LogP contribution in [0.2, 0.25) is 0 Å². The van der Waals surface area contributed by atoms with Crippen molar-refractivity contribution in [3.8, 4) is 0 Å². The van der Waals surface area contributed by atoms with Crippen LogP contribution in [0.5, 0.6) is 0 Å². The van der Waals surface area contributed by atoms with E-state index in [9.17, 15) is 13.5 Å². The number of benzene rings is 1. The molecule has 0 N–H and O–H groups in total. The highest BCUT2D eigenvalue weighted by Gasteiger charge is 2.33. The number of rotatable bonds is 6. The lowest BCUT2D eigenvalue weighted by Crippen LogP contribution is -2.59. The molecule has 6 nitrogen and oxygen atoms in total. The molecule has 0 bridgehead atoms. The molecule has 0 aromatic heterocycles. The Morgan fingerprint density at radius 1 is 1.20 bits per heavy atom. The summed E-state index contributed by atoms with van der Waals surface area (Å²) in [5, 5.41) is 11.7. The van der Waals surface area contributed by atoms with Crippen molar-refractivity contribution in [2.24, 2.45) is 4.40 Å². The number of piperazine rings is 1. The van der Waals surface area contributed by atoms with E-state index in [0.29, 0.717) is 18.3 Å². The van der Waals surface area contributed by atoms with Gasteiger partial charge >= 0.3 is 0 Å². The molecule has 2 heterocycles. The minimum absolute atomic E-state index is 0.0276. The Balaban J connectivity index is 1.81. The van der Waals surface area contributed by atoms with E-state index >= 15 is 0 Å². The Bertz CT molecular complexity index is 775. The van der Waals surface area contributed by atoms with E-state index in [1.54, 1.807) is 12.1 Å². The summed E-state index contributed by atoms with van der Waals surface area (Å²) < 4.78 is 28.1. The standard InChI is InChI=1S/C16H21Cl2N3O3S/c17-3-5-20-6-9-21(8-4-18,10-7-20)12-13-1-2-14-15(11-13)25(23,24)19-16(14)22/h1-2,11H,3-10,12H2. The van der Waals surface area contributed by atoms with Crippen LogP contribution in [0.15, 0.2) is 27.5 Å². The molecule has 0 atom stereocenters. The molecule has 0 amide bonds. The molecule has 1 aromatic rings. The molecule has 0 saturated carbocycles. The summed E-state index contributed by atoms with van der Waals surface area (Å²) in [6.07, 6.45) is 0. The van der Waals surface area contributed by atoms with Crippen molar-refractivity contribution < 1.29 is 18.0 Å². The minimum atomic E-state index is -3.85. The van der Waals surface area contributed by atoms with E-state index in [4.69, 9.17) is 23.2 Å². The maximum atomic E-state index is 12.0. The summed E-state index contributed by atoms with van der Waals surface area (Å²) in [6, 6.07) is 4.99. The second kappa shape index (κ2) is 7.40. The zero-order valence-corrected chi connectivity index (χ0v) is 16.2. The molecule has 9 heteroatoms. The van der Waals surface area contributed by atoms with Gasteiger partial charge in [0.1, 0.15) is 6.54 Å². The highest BCUT2D eigenvalue weighted by atomic mass is 35.5. The van der Waals surface area contributed by atoms with Crippen molar-refractivity contribution in [1.82, 2.24) is 4.90 Å². The molecule has 2 aliphatic heterocycles. The summed E-state index contributed by atoms with van der Waals surface area (Å²) in [5.74, 6) is 0.489. The monoisotopic (exact) mass is 405 g/mol. The number of alkyl halides is 2. The molecular formula is C16H21Cl2N3O3S. The lowest BCUT2D eigenvalue weighted by molar-refractivity contribution is -0.942. The second-order valence-corrected chi connectivity index (χ2v) is 8.92. The quantitative estimate of drug-likeness (QED) is 0.513. The van der Waals surface area contributed by atoms with E-state index in [1.807, 2.05) is 6.07 Å². The number of sulfonamides is 1. The number of hydrogen-bond acceptors (Lipinski definition) is 4. The molecule has 3 rings (SSSR count). The van der Waals surface area contributed by atoms with E-state index < -0.39 is 15.9 Å². The summed E-state index contributed by atoms with van der Waals surface area (Å²) in [7, 11) is -3.85. The Labute approximate surface area is 158 Å². The van der Waals surface area contributed by atoms with Gasteiger partial charge in [-0.25, -0.2) is 0 Å². The molecule has 138 valence electrons. The number of hydrogen-bond donors (Lipinski definition) is 0. The van der Waals surface area contributed by atoms with Gasteiger partial charge in [0.25, 0.3) is 10.0 Å². The van der Waals surface area contributed by atoms with Gasteiger partial charge in [-0.3, -0.25) is 4.90 Å². The van der Waals surface area contributed by atoms with Crippen molar-refractivity contribution in [3.63, 3.8) is 0 Å². The molecule has 0 unspecified atom stereocenters. The SMILES string of the molecule is O=S1(=O)N=C([O-])c2ccc(C[N+]3(CCCl)CCN(CCCl)CC3)cc21. The fourth-order valence-electron chi connectivity index (χ4n) is 3.56. The van der Waals surface area contributed by atoms with Crippen LogP contribution in [-0.2, 0) is 16.6 Å². The lowest BCUT2D eigenvalue weighted by atomic mass is 10.1. The summed E-state index contributed by atoms with van der Waals surface area (Å²) >= 11 is 11.9. The van der Waals surface area contributed by atoms with Crippen LogP contribution >= 0.6 is 23.2 Å². The summed E-state index contributed by atoms with van der Waals surface area (Å²) in [4.78, 5) is 2.36. The average molecular weight is 406 g/mol. The minimum Gasteiger partial charge on any atom is -0.858 e. The molecule has 1 fully saturated rings. The number of quaternary nitrogens is 1. The lowest BCUT2D eigenvalue weighted by Gasteiger charge is -2.44. The largest absolute Gasteiger partial charge is 0.858 e. The van der Waals surface area contributed by atoms with Crippen LogP contribution in [0, 0.1) is 0 Å². The molecule has 2 aliphatic rings. The first-order valence-corrected chi connectivity index (χ1v) is 10.7. The number of halogens is 2. The van der Waals surface area contributed by atoms with Gasteiger partial charge in [-0.1, -0.05) is 12.1 Å². The van der Waals surface area contributed by atoms with Gasteiger partial charge in [-0.05, 0) is 6.07 Å². The third-order valence-corrected chi connectivity index (χ3v) is 6.65. The highest BCUT2D eigenvalue weighted by molar-refractivity contribution is 7.90. The molecule has 1 aromatic carbocycles. The summed E-state index contributed by atoms with van der Waals surface area (Å²) in [5.41, 5.74) is 1.06. The van der Waals surface area contributed by atoms with Crippen LogP contribution in [0.1, 0.15) is 11.1 Å². The van der Waals surface area contributed by atoms with Gasteiger partial charge in [-0.2, -0.15) is 12.8 Å². The van der Waals surface area contributed by atoms with Crippen LogP contribution in [-0.4, -0.2) is 74.7 Å². The first-order chi connectivity index (χ1) is 11.9. The van der Waals surface area contributed by atoms with Gasteiger partial charge in [0.05, 0.1) is 30.4 Å². The van der Waals surface area contributed by atoms with Gasteiger partial charge < -0.3 is 9.59 Å². The van der Waals surface area contributed by atoms with Crippen molar-refractivity contribution >= 4 is 39.1 Å². The van der Waals surface area contributed by atoms with E-state index in [1.165, 1.54) is 0 Å². The fraction of sp³-hybridized carbons (Fsp3) is 0.562. The molecule has 0 aliphatic carbocycles. The molecule has 25 heavy (non-hydrogen) atoms. The van der Waals surface area contributed by atoms with Crippen LogP contribution < -0.4 is 5.11 Å². The van der Waals surface area contributed by atoms with Gasteiger partial charge in [-0.15, -0.1) is 23.2 Å². The Kier molecular flexibility index (Phi) is 5.60. The van der Waals surface area contributed by atoms with Gasteiger partial charge in [0.2, 0.25) is 0 Å². The van der Waals surface area contributed by atoms with Gasteiger partial charge in [0, 0.05) is 42.5 Å². The van der Waals surface area contributed by atoms with Crippen molar-refractivity contribution in [3.05, 3.63) is 29.3 Å². The normalized spacial score (nSPS) is 21.8. The van der Waals surface area contributed by atoms with E-state index in [-0.39, 0.29) is 10.5 Å².